The zero-order valence-electron chi connectivity index (χ0n) is 14.9. The molecule has 28 heavy (non-hydrogen) atoms. The predicted octanol–water partition coefficient (Wildman–Crippen LogP) is 4.46. The predicted molar refractivity (Wildman–Crippen MR) is 111 cm³/mol. The molecule has 1 atom stereocenters. The Morgan fingerprint density at radius 2 is 1.75 bits per heavy atom. The first kappa shape index (κ1) is 22.8. The second kappa shape index (κ2) is 10.9. The van der Waals surface area contributed by atoms with Gasteiger partial charge in [-0.2, -0.15) is 0 Å². The molecule has 0 aliphatic rings. The van der Waals surface area contributed by atoms with E-state index < -0.39 is 14.9 Å². The van der Waals surface area contributed by atoms with Crippen molar-refractivity contribution in [1.29, 1.82) is 0 Å². The Labute approximate surface area is 177 Å². The van der Waals surface area contributed by atoms with E-state index in [2.05, 4.69) is 20.7 Å². The molecule has 0 aromatic heterocycles. The molecular formula is C18H20BrClN2O5S. The number of hydrogen-bond acceptors (Lipinski definition) is 5. The first-order chi connectivity index (χ1) is 13.3. The van der Waals surface area contributed by atoms with Crippen LogP contribution in [0.1, 0.15) is 24.5 Å². The summed E-state index contributed by atoms with van der Waals surface area (Å²) in [5, 5.41) is 11.9. The molecule has 0 bridgehead atoms. The van der Waals surface area contributed by atoms with Crippen molar-refractivity contribution in [2.45, 2.75) is 23.8 Å². The fourth-order valence-corrected chi connectivity index (χ4v) is 4.16. The van der Waals surface area contributed by atoms with Gasteiger partial charge in [0.25, 0.3) is 5.69 Å². The number of benzene rings is 2. The molecule has 0 aliphatic carbocycles. The standard InChI is InChI=1S/C18H20BrClN2O5S/c19-13-18(14-3-5-15(20)6-4-14)27-12-2-1-11-21-28(25,26)17-9-7-16(8-10-17)22(23)24/h3-10,18,21H,1-2,11-13H2. The van der Waals surface area contributed by atoms with Crippen molar-refractivity contribution in [2.24, 2.45) is 0 Å². The molecule has 10 heteroatoms. The molecule has 0 heterocycles. The fraction of sp³-hybridized carbons (Fsp3) is 0.333. The maximum absolute atomic E-state index is 12.2. The minimum atomic E-state index is -3.69. The highest BCUT2D eigenvalue weighted by atomic mass is 79.9. The summed E-state index contributed by atoms with van der Waals surface area (Å²) >= 11 is 9.31. The number of ether oxygens (including phenoxy) is 1. The monoisotopic (exact) mass is 490 g/mol. The molecule has 0 saturated carbocycles. The molecule has 1 unspecified atom stereocenters. The van der Waals surface area contributed by atoms with E-state index in [1.54, 1.807) is 0 Å². The van der Waals surface area contributed by atoms with Crippen LogP contribution in [-0.4, -0.2) is 31.8 Å². The molecule has 0 radical (unpaired) electrons. The van der Waals surface area contributed by atoms with Gasteiger partial charge in [-0.3, -0.25) is 10.1 Å². The summed E-state index contributed by atoms with van der Waals surface area (Å²) in [6, 6.07) is 12.2. The zero-order chi connectivity index (χ0) is 20.6. The summed E-state index contributed by atoms with van der Waals surface area (Å²) < 4.78 is 32.7. The van der Waals surface area contributed by atoms with Crippen LogP contribution in [0.4, 0.5) is 5.69 Å². The van der Waals surface area contributed by atoms with E-state index in [0.29, 0.717) is 29.8 Å². The third-order valence-electron chi connectivity index (χ3n) is 3.92. The normalized spacial score (nSPS) is 12.6. The quantitative estimate of drug-likeness (QED) is 0.217. The molecule has 2 rings (SSSR count). The summed E-state index contributed by atoms with van der Waals surface area (Å²) in [5.74, 6) is 0. The summed E-state index contributed by atoms with van der Waals surface area (Å²) in [4.78, 5) is 10.1. The Morgan fingerprint density at radius 1 is 1.11 bits per heavy atom. The average molecular weight is 492 g/mol. The molecule has 0 fully saturated rings. The molecule has 0 amide bonds. The van der Waals surface area contributed by atoms with Crippen molar-refractivity contribution in [1.82, 2.24) is 4.72 Å². The highest BCUT2D eigenvalue weighted by molar-refractivity contribution is 9.09. The van der Waals surface area contributed by atoms with Crippen LogP contribution in [0.5, 0.6) is 0 Å². The number of alkyl halides is 1. The van der Waals surface area contributed by atoms with Gasteiger partial charge in [0.05, 0.1) is 15.9 Å². The first-order valence-electron chi connectivity index (χ1n) is 8.50. The van der Waals surface area contributed by atoms with E-state index in [4.69, 9.17) is 16.3 Å². The van der Waals surface area contributed by atoms with Gasteiger partial charge in [-0.05, 0) is 42.7 Å². The minimum absolute atomic E-state index is 0.00330. The number of unbranched alkanes of at least 4 members (excludes halogenated alkanes) is 1. The second-order valence-electron chi connectivity index (χ2n) is 5.92. The number of rotatable bonds is 11. The van der Waals surface area contributed by atoms with Gasteiger partial charge < -0.3 is 4.74 Å². The van der Waals surface area contributed by atoms with Crippen molar-refractivity contribution >= 4 is 43.2 Å². The Morgan fingerprint density at radius 3 is 2.32 bits per heavy atom. The molecule has 1 N–H and O–H groups in total. The number of sulfonamides is 1. The zero-order valence-corrected chi connectivity index (χ0v) is 18.0. The van der Waals surface area contributed by atoms with Gasteiger partial charge in [-0.1, -0.05) is 39.7 Å². The van der Waals surface area contributed by atoms with Gasteiger partial charge in [0.1, 0.15) is 0 Å². The van der Waals surface area contributed by atoms with Crippen LogP contribution in [0.3, 0.4) is 0 Å². The number of non-ortho nitro benzene ring substituents is 1. The third-order valence-corrected chi connectivity index (χ3v) is 6.24. The second-order valence-corrected chi connectivity index (χ2v) is 8.77. The van der Waals surface area contributed by atoms with E-state index in [-0.39, 0.29) is 23.2 Å². The van der Waals surface area contributed by atoms with Gasteiger partial charge in [-0.15, -0.1) is 0 Å². The molecule has 7 nitrogen and oxygen atoms in total. The van der Waals surface area contributed by atoms with E-state index in [1.807, 2.05) is 24.3 Å². The highest BCUT2D eigenvalue weighted by Gasteiger charge is 2.15. The van der Waals surface area contributed by atoms with Crippen molar-refractivity contribution in [3.63, 3.8) is 0 Å². The topological polar surface area (TPSA) is 98.5 Å². The third kappa shape index (κ3) is 6.82. The Balaban J connectivity index is 1.74. The number of nitrogens with one attached hydrogen (secondary N) is 1. The summed E-state index contributed by atoms with van der Waals surface area (Å²) in [7, 11) is -3.69. The van der Waals surface area contributed by atoms with E-state index in [9.17, 15) is 18.5 Å². The van der Waals surface area contributed by atoms with Crippen LogP contribution in [0.2, 0.25) is 5.02 Å². The smallest absolute Gasteiger partial charge is 0.269 e. The van der Waals surface area contributed by atoms with Gasteiger partial charge in [0.15, 0.2) is 0 Å². The minimum Gasteiger partial charge on any atom is -0.373 e. The van der Waals surface area contributed by atoms with Gasteiger partial charge in [0.2, 0.25) is 10.0 Å². The Hall–Kier alpha value is -1.52. The lowest BCUT2D eigenvalue weighted by Crippen LogP contribution is -2.25. The Kier molecular flexibility index (Phi) is 8.84. The van der Waals surface area contributed by atoms with Crippen LogP contribution in [0.25, 0.3) is 0 Å². The molecule has 152 valence electrons. The average Bonchev–Trinajstić information content (AvgIpc) is 2.68. The van der Waals surface area contributed by atoms with Crippen molar-refractivity contribution in [2.75, 3.05) is 18.5 Å². The number of halogens is 2. The van der Waals surface area contributed by atoms with Gasteiger partial charge in [-0.25, -0.2) is 13.1 Å². The van der Waals surface area contributed by atoms with Gasteiger partial charge in [0, 0.05) is 35.6 Å². The maximum atomic E-state index is 12.2. The highest BCUT2D eigenvalue weighted by Crippen LogP contribution is 2.22. The van der Waals surface area contributed by atoms with E-state index in [0.717, 1.165) is 5.56 Å². The number of nitro groups is 1. The van der Waals surface area contributed by atoms with Crippen LogP contribution in [-0.2, 0) is 14.8 Å². The molecule has 0 aliphatic heterocycles. The SMILES string of the molecule is O=[N+]([O-])c1ccc(S(=O)(=O)NCCCCOC(CBr)c2ccc(Cl)cc2)cc1. The lowest BCUT2D eigenvalue weighted by atomic mass is 10.1. The first-order valence-corrected chi connectivity index (χ1v) is 11.5. The number of nitrogens with zero attached hydrogens (tertiary/aromatic N) is 1. The van der Waals surface area contributed by atoms with Crippen LogP contribution in [0.15, 0.2) is 53.4 Å². The summed E-state index contributed by atoms with van der Waals surface area (Å²) in [6.45, 7) is 0.737. The van der Waals surface area contributed by atoms with E-state index >= 15 is 0 Å². The largest absolute Gasteiger partial charge is 0.373 e. The fourth-order valence-electron chi connectivity index (χ4n) is 2.40. The van der Waals surface area contributed by atoms with E-state index in [1.165, 1.54) is 24.3 Å². The molecular weight excluding hydrogens is 472 g/mol. The van der Waals surface area contributed by atoms with Crippen molar-refractivity contribution in [3.8, 4) is 0 Å². The van der Waals surface area contributed by atoms with Crippen LogP contribution < -0.4 is 4.72 Å². The van der Waals surface area contributed by atoms with Gasteiger partial charge >= 0.3 is 0 Å². The summed E-state index contributed by atoms with van der Waals surface area (Å²) in [6.07, 6.45) is 1.18. The maximum Gasteiger partial charge on any atom is 0.269 e. The summed E-state index contributed by atoms with van der Waals surface area (Å²) in [5.41, 5.74) is 0.860. The van der Waals surface area contributed by atoms with Crippen LogP contribution >= 0.6 is 27.5 Å². The van der Waals surface area contributed by atoms with Crippen molar-refractivity contribution < 1.29 is 18.1 Å². The van der Waals surface area contributed by atoms with Crippen LogP contribution in [0, 0.1) is 10.1 Å². The number of hydrogen-bond donors (Lipinski definition) is 1. The molecule has 0 spiro atoms. The van der Waals surface area contributed by atoms with Crippen molar-refractivity contribution in [3.05, 3.63) is 69.2 Å². The number of nitro benzene ring substituents is 1. The Bertz CT molecular complexity index is 876. The lowest BCUT2D eigenvalue weighted by Gasteiger charge is -2.16. The molecule has 0 saturated heterocycles. The lowest BCUT2D eigenvalue weighted by molar-refractivity contribution is -0.384. The molecule has 2 aromatic rings. The molecule has 2 aromatic carbocycles.